The fourth-order valence-corrected chi connectivity index (χ4v) is 1.53. The van der Waals surface area contributed by atoms with Crippen molar-refractivity contribution in [3.8, 4) is 0 Å². The zero-order valence-corrected chi connectivity index (χ0v) is 10.8. The van der Waals surface area contributed by atoms with Gasteiger partial charge in [-0.15, -0.1) is 0 Å². The van der Waals surface area contributed by atoms with Gasteiger partial charge in [-0.05, 0) is 26.7 Å². The number of hydrogen-bond donors (Lipinski definition) is 0. The van der Waals surface area contributed by atoms with E-state index in [0.717, 1.165) is 0 Å². The third kappa shape index (κ3) is 4.31. The lowest BCUT2D eigenvalue weighted by Crippen LogP contribution is -2.37. The number of hydrogen-bond acceptors (Lipinski definition) is 4. The van der Waals surface area contributed by atoms with Crippen LogP contribution in [-0.2, 0) is 19.1 Å². The molecule has 94 valence electrons. The molecule has 0 rings (SSSR count). The molecule has 0 aliphatic heterocycles. The zero-order valence-electron chi connectivity index (χ0n) is 10.8. The Balaban J connectivity index is 4.65. The summed E-state index contributed by atoms with van der Waals surface area (Å²) < 4.78 is 10.1. The zero-order chi connectivity index (χ0) is 12.7. The van der Waals surface area contributed by atoms with Gasteiger partial charge in [0.15, 0.2) is 5.78 Å². The van der Waals surface area contributed by atoms with Crippen LogP contribution >= 0.6 is 0 Å². The molecule has 2 unspecified atom stereocenters. The van der Waals surface area contributed by atoms with Crippen LogP contribution in [0.2, 0.25) is 0 Å². The number of carbonyl (C=O) groups is 2. The third-order valence-electron chi connectivity index (χ3n) is 2.33. The molecule has 2 atom stereocenters. The minimum Gasteiger partial charge on any atom is -0.465 e. The van der Waals surface area contributed by atoms with Gasteiger partial charge in [-0.3, -0.25) is 9.59 Å². The highest BCUT2D eigenvalue weighted by atomic mass is 16.5. The molecule has 0 saturated heterocycles. The van der Waals surface area contributed by atoms with Crippen molar-refractivity contribution in [2.75, 3.05) is 13.2 Å². The molecular weight excluding hydrogens is 208 g/mol. The van der Waals surface area contributed by atoms with Crippen LogP contribution in [0.5, 0.6) is 0 Å². The van der Waals surface area contributed by atoms with Crippen molar-refractivity contribution >= 4 is 11.8 Å². The minimum atomic E-state index is -0.721. The monoisotopic (exact) mass is 230 g/mol. The summed E-state index contributed by atoms with van der Waals surface area (Å²) in [5, 5.41) is 0. The Labute approximate surface area is 97.3 Å². The first-order valence-electron chi connectivity index (χ1n) is 5.77. The second kappa shape index (κ2) is 7.39. The number of rotatable bonds is 7. The Bertz CT molecular complexity index is 235. The van der Waals surface area contributed by atoms with Gasteiger partial charge in [-0.1, -0.05) is 13.8 Å². The van der Waals surface area contributed by atoms with E-state index in [9.17, 15) is 9.59 Å². The molecule has 0 aromatic rings. The number of ketones is 1. The van der Waals surface area contributed by atoms with Gasteiger partial charge in [-0.25, -0.2) is 0 Å². The van der Waals surface area contributed by atoms with Gasteiger partial charge in [-0.2, -0.15) is 0 Å². The molecule has 0 aromatic heterocycles. The molecule has 0 spiro atoms. The summed E-state index contributed by atoms with van der Waals surface area (Å²) in [6.45, 7) is 9.62. The van der Waals surface area contributed by atoms with Crippen LogP contribution in [0.25, 0.3) is 0 Å². The number of carbonyl (C=O) groups excluding carboxylic acids is 2. The van der Waals surface area contributed by atoms with Gasteiger partial charge in [0, 0.05) is 6.61 Å². The van der Waals surface area contributed by atoms with Gasteiger partial charge in [0.05, 0.1) is 6.61 Å². The summed E-state index contributed by atoms with van der Waals surface area (Å²) in [4.78, 5) is 23.6. The number of esters is 1. The van der Waals surface area contributed by atoms with Gasteiger partial charge >= 0.3 is 5.97 Å². The predicted octanol–water partition coefficient (Wildman–Crippen LogP) is 1.82. The molecular formula is C12H22O4. The first-order chi connectivity index (χ1) is 7.45. The Morgan fingerprint density at radius 3 is 2.00 bits per heavy atom. The quantitative estimate of drug-likeness (QED) is 0.494. The molecule has 0 fully saturated rings. The Morgan fingerprint density at radius 2 is 1.62 bits per heavy atom. The van der Waals surface area contributed by atoms with Crippen molar-refractivity contribution in [3.05, 3.63) is 0 Å². The maximum Gasteiger partial charge on any atom is 0.316 e. The molecule has 0 radical (unpaired) electrons. The standard InChI is InChI=1S/C12H22O4/c1-6-15-9(5)11(13)10(8(3)4)12(14)16-7-2/h8-10H,6-7H2,1-5H3. The topological polar surface area (TPSA) is 52.6 Å². The predicted molar refractivity (Wildman–Crippen MR) is 61.1 cm³/mol. The first-order valence-corrected chi connectivity index (χ1v) is 5.77. The normalized spacial score (nSPS) is 14.6. The summed E-state index contributed by atoms with van der Waals surface area (Å²) in [5.74, 6) is -1.44. The minimum absolute atomic E-state index is 0.0746. The van der Waals surface area contributed by atoms with E-state index < -0.39 is 18.0 Å². The van der Waals surface area contributed by atoms with E-state index in [4.69, 9.17) is 9.47 Å². The Kier molecular flexibility index (Phi) is 6.97. The van der Waals surface area contributed by atoms with E-state index in [1.54, 1.807) is 13.8 Å². The van der Waals surface area contributed by atoms with Crippen molar-refractivity contribution < 1.29 is 19.1 Å². The maximum absolute atomic E-state index is 12.0. The highest BCUT2D eigenvalue weighted by Crippen LogP contribution is 2.17. The van der Waals surface area contributed by atoms with Gasteiger partial charge in [0.2, 0.25) is 0 Å². The molecule has 0 heterocycles. The van der Waals surface area contributed by atoms with Crippen LogP contribution < -0.4 is 0 Å². The van der Waals surface area contributed by atoms with Crippen LogP contribution in [0.3, 0.4) is 0 Å². The van der Waals surface area contributed by atoms with Crippen molar-refractivity contribution in [3.63, 3.8) is 0 Å². The summed E-state index contributed by atoms with van der Waals surface area (Å²) in [5.41, 5.74) is 0. The van der Waals surface area contributed by atoms with E-state index in [-0.39, 0.29) is 11.7 Å². The van der Waals surface area contributed by atoms with Crippen LogP contribution in [0.15, 0.2) is 0 Å². The Hall–Kier alpha value is -0.900. The van der Waals surface area contributed by atoms with E-state index in [2.05, 4.69) is 0 Å². The average molecular weight is 230 g/mol. The molecule has 0 aliphatic rings. The lowest BCUT2D eigenvalue weighted by Gasteiger charge is -2.21. The van der Waals surface area contributed by atoms with Crippen LogP contribution in [-0.4, -0.2) is 31.1 Å². The highest BCUT2D eigenvalue weighted by Gasteiger charge is 2.34. The van der Waals surface area contributed by atoms with E-state index in [1.807, 2.05) is 20.8 Å². The van der Waals surface area contributed by atoms with Crippen LogP contribution in [0.4, 0.5) is 0 Å². The lowest BCUT2D eigenvalue weighted by molar-refractivity contribution is -0.156. The fraction of sp³-hybridized carbons (Fsp3) is 0.833. The molecule has 0 amide bonds. The smallest absolute Gasteiger partial charge is 0.316 e. The molecule has 0 saturated carbocycles. The molecule has 4 nitrogen and oxygen atoms in total. The van der Waals surface area contributed by atoms with Crippen molar-refractivity contribution in [2.24, 2.45) is 11.8 Å². The SMILES string of the molecule is CCOC(=O)C(C(=O)C(C)OCC)C(C)C. The third-order valence-corrected chi connectivity index (χ3v) is 2.33. The second-order valence-corrected chi connectivity index (χ2v) is 3.97. The van der Waals surface area contributed by atoms with Gasteiger partial charge in [0.1, 0.15) is 12.0 Å². The number of ether oxygens (including phenoxy) is 2. The molecule has 0 aromatic carbocycles. The van der Waals surface area contributed by atoms with Crippen LogP contribution in [0, 0.1) is 11.8 Å². The fourth-order valence-electron chi connectivity index (χ4n) is 1.53. The summed E-state index contributed by atoms with van der Waals surface area (Å²) in [6, 6.07) is 0. The van der Waals surface area contributed by atoms with Crippen molar-refractivity contribution in [1.82, 2.24) is 0 Å². The van der Waals surface area contributed by atoms with Crippen LogP contribution in [0.1, 0.15) is 34.6 Å². The highest BCUT2D eigenvalue weighted by molar-refractivity contribution is 6.01. The summed E-state index contributed by atoms with van der Waals surface area (Å²) in [6.07, 6.45) is -0.554. The van der Waals surface area contributed by atoms with E-state index in [0.29, 0.717) is 13.2 Å². The molecule has 0 N–H and O–H groups in total. The molecule has 16 heavy (non-hydrogen) atoms. The van der Waals surface area contributed by atoms with Gasteiger partial charge < -0.3 is 9.47 Å². The van der Waals surface area contributed by atoms with Crippen molar-refractivity contribution in [1.29, 1.82) is 0 Å². The molecule has 4 heteroatoms. The largest absolute Gasteiger partial charge is 0.465 e. The van der Waals surface area contributed by atoms with Crippen molar-refractivity contribution in [2.45, 2.75) is 40.7 Å². The first kappa shape index (κ1) is 15.1. The van der Waals surface area contributed by atoms with E-state index >= 15 is 0 Å². The van der Waals surface area contributed by atoms with E-state index in [1.165, 1.54) is 0 Å². The average Bonchev–Trinajstić information content (AvgIpc) is 2.17. The molecule has 0 aliphatic carbocycles. The Morgan fingerprint density at radius 1 is 1.06 bits per heavy atom. The molecule has 0 bridgehead atoms. The maximum atomic E-state index is 12.0. The van der Waals surface area contributed by atoms with Gasteiger partial charge in [0.25, 0.3) is 0 Å². The number of Topliss-reactive ketones (excluding diaryl/α,β-unsaturated/α-hetero) is 1. The summed E-state index contributed by atoms with van der Waals surface area (Å²) in [7, 11) is 0. The second-order valence-electron chi connectivity index (χ2n) is 3.97. The lowest BCUT2D eigenvalue weighted by atomic mass is 9.89. The summed E-state index contributed by atoms with van der Waals surface area (Å²) >= 11 is 0.